The first-order valence-electron chi connectivity index (χ1n) is 9.32. The Morgan fingerprint density at radius 1 is 1.07 bits per heavy atom. The highest BCUT2D eigenvalue weighted by molar-refractivity contribution is 7.92. The summed E-state index contributed by atoms with van der Waals surface area (Å²) in [5.41, 5.74) is 1.83. The topological polar surface area (TPSA) is 70.0 Å². The van der Waals surface area contributed by atoms with E-state index in [1.165, 1.54) is 0 Å². The Bertz CT molecular complexity index is 928. The molecule has 2 aromatic carbocycles. The number of nitrogens with zero attached hydrogens (tertiary/aromatic N) is 2. The predicted octanol–water partition coefficient (Wildman–Crippen LogP) is 3.34. The summed E-state index contributed by atoms with van der Waals surface area (Å²) in [6.45, 7) is 2.71. The maximum atomic E-state index is 13.4. The van der Waals surface area contributed by atoms with Gasteiger partial charge in [-0.3, -0.25) is 4.90 Å². The van der Waals surface area contributed by atoms with Crippen LogP contribution in [0.2, 0.25) is 0 Å². The Morgan fingerprint density at radius 3 is 2.33 bits per heavy atom. The normalized spacial score (nSPS) is 29.9. The summed E-state index contributed by atoms with van der Waals surface area (Å²) in [4.78, 5) is 2.60. The lowest BCUT2D eigenvalue weighted by molar-refractivity contribution is 0.148. The van der Waals surface area contributed by atoms with E-state index in [0.717, 1.165) is 5.56 Å². The Hall–Kier alpha value is -2.18. The molecule has 2 bridgehead atoms. The van der Waals surface area contributed by atoms with Crippen molar-refractivity contribution >= 4 is 15.5 Å². The fourth-order valence-corrected chi connectivity index (χ4v) is 6.85. The van der Waals surface area contributed by atoms with Crippen molar-refractivity contribution in [3.8, 4) is 0 Å². The highest BCUT2D eigenvalue weighted by Crippen LogP contribution is 2.43. The van der Waals surface area contributed by atoms with Gasteiger partial charge >= 0.3 is 0 Å². The molecular weight excluding hydrogens is 360 g/mol. The molecule has 4 atom stereocenters. The largest absolute Gasteiger partial charge is 0.411 e. The molecule has 2 aliphatic heterocycles. The van der Waals surface area contributed by atoms with Crippen LogP contribution in [0.25, 0.3) is 0 Å². The zero-order chi connectivity index (χ0) is 19.0. The van der Waals surface area contributed by atoms with Crippen molar-refractivity contribution in [1.82, 2.24) is 4.90 Å². The summed E-state index contributed by atoms with van der Waals surface area (Å²) in [5.74, 6) is 0.0989. The molecule has 2 fully saturated rings. The van der Waals surface area contributed by atoms with Crippen molar-refractivity contribution in [3.63, 3.8) is 0 Å². The zero-order valence-electron chi connectivity index (χ0n) is 15.3. The number of fused-ring (bicyclic) bond motifs is 2. The summed E-state index contributed by atoms with van der Waals surface area (Å²) >= 11 is 0. The average molecular weight is 385 g/mol. The van der Waals surface area contributed by atoms with Crippen molar-refractivity contribution < 1.29 is 13.6 Å². The van der Waals surface area contributed by atoms with Gasteiger partial charge in [-0.05, 0) is 36.5 Å². The van der Waals surface area contributed by atoms with Gasteiger partial charge in [0, 0.05) is 12.6 Å². The lowest BCUT2D eigenvalue weighted by atomic mass is 9.90. The van der Waals surface area contributed by atoms with Gasteiger partial charge in [0.05, 0.1) is 21.9 Å². The van der Waals surface area contributed by atoms with Crippen LogP contribution in [0.4, 0.5) is 0 Å². The molecule has 2 aromatic rings. The Labute approximate surface area is 160 Å². The summed E-state index contributed by atoms with van der Waals surface area (Å²) < 4.78 is 26.8. The van der Waals surface area contributed by atoms with Gasteiger partial charge in [0.1, 0.15) is 0 Å². The second-order valence-electron chi connectivity index (χ2n) is 7.57. The van der Waals surface area contributed by atoms with Gasteiger partial charge < -0.3 is 5.21 Å². The molecule has 5 nitrogen and oxygen atoms in total. The Kier molecular flexibility index (Phi) is 4.78. The van der Waals surface area contributed by atoms with Gasteiger partial charge in [0.15, 0.2) is 9.84 Å². The van der Waals surface area contributed by atoms with E-state index >= 15 is 0 Å². The van der Waals surface area contributed by atoms with E-state index in [4.69, 9.17) is 0 Å². The van der Waals surface area contributed by atoms with Gasteiger partial charge in [0.2, 0.25) is 0 Å². The second kappa shape index (κ2) is 7.09. The minimum Gasteiger partial charge on any atom is -0.411 e. The molecule has 142 valence electrons. The SMILES string of the molecule is C[C@@H]1CC(=NO)[C@H]2C[C@H](S(=O)(=O)c3ccccc3)[C@H]1N2Cc1ccccc1. The van der Waals surface area contributed by atoms with Crippen LogP contribution >= 0.6 is 0 Å². The monoisotopic (exact) mass is 384 g/mol. The van der Waals surface area contributed by atoms with Crippen molar-refractivity contribution in [1.29, 1.82) is 0 Å². The number of oxime groups is 1. The van der Waals surface area contributed by atoms with Crippen LogP contribution < -0.4 is 0 Å². The molecule has 2 saturated heterocycles. The number of hydrogen-bond acceptors (Lipinski definition) is 5. The van der Waals surface area contributed by atoms with Gasteiger partial charge in [-0.1, -0.05) is 60.6 Å². The molecule has 0 spiro atoms. The Balaban J connectivity index is 1.73. The fourth-order valence-electron chi connectivity index (χ4n) is 4.74. The van der Waals surface area contributed by atoms with Crippen LogP contribution in [-0.2, 0) is 16.4 Å². The molecule has 0 saturated carbocycles. The van der Waals surface area contributed by atoms with E-state index in [2.05, 4.69) is 29.1 Å². The maximum Gasteiger partial charge on any atom is 0.182 e. The van der Waals surface area contributed by atoms with Crippen LogP contribution in [0.15, 0.2) is 70.7 Å². The molecular formula is C21H24N2O3S. The summed E-state index contributed by atoms with van der Waals surface area (Å²) in [5, 5.41) is 12.6. The molecule has 0 radical (unpaired) electrons. The smallest absolute Gasteiger partial charge is 0.182 e. The molecule has 2 aliphatic rings. The average Bonchev–Trinajstić information content (AvgIpc) is 2.99. The van der Waals surface area contributed by atoms with E-state index in [-0.39, 0.29) is 18.0 Å². The minimum atomic E-state index is -3.46. The number of hydrogen-bond donors (Lipinski definition) is 1. The maximum absolute atomic E-state index is 13.4. The highest BCUT2D eigenvalue weighted by atomic mass is 32.2. The number of sulfone groups is 1. The van der Waals surface area contributed by atoms with Crippen LogP contribution in [0.1, 0.15) is 25.3 Å². The quantitative estimate of drug-likeness (QED) is 0.648. The molecule has 0 aliphatic carbocycles. The van der Waals surface area contributed by atoms with Gasteiger partial charge in [-0.15, -0.1) is 0 Å². The van der Waals surface area contributed by atoms with Crippen molar-refractivity contribution in [2.24, 2.45) is 11.1 Å². The van der Waals surface area contributed by atoms with Crippen LogP contribution in [0.5, 0.6) is 0 Å². The van der Waals surface area contributed by atoms with Crippen LogP contribution in [-0.4, -0.2) is 41.6 Å². The lowest BCUT2D eigenvalue weighted by Crippen LogP contribution is -2.51. The van der Waals surface area contributed by atoms with Crippen molar-refractivity contribution in [2.45, 2.75) is 48.5 Å². The number of piperidine rings is 1. The highest BCUT2D eigenvalue weighted by Gasteiger charge is 2.54. The zero-order valence-corrected chi connectivity index (χ0v) is 16.1. The first-order chi connectivity index (χ1) is 13.0. The van der Waals surface area contributed by atoms with E-state index < -0.39 is 15.1 Å². The molecule has 0 aromatic heterocycles. The van der Waals surface area contributed by atoms with E-state index in [1.54, 1.807) is 24.3 Å². The third-order valence-corrected chi connectivity index (χ3v) is 8.12. The molecule has 2 heterocycles. The summed E-state index contributed by atoms with van der Waals surface area (Å²) in [6, 6.07) is 18.5. The first kappa shape index (κ1) is 18.2. The van der Waals surface area contributed by atoms with Crippen molar-refractivity contribution in [3.05, 3.63) is 66.2 Å². The molecule has 27 heavy (non-hydrogen) atoms. The standard InChI is InChI=1S/C21H24N2O3S/c1-15-12-18(22-24)19-13-20(27(25,26)17-10-6-3-7-11-17)21(15)23(19)14-16-8-4-2-5-9-16/h2-11,15,19-21,24H,12-14H2,1H3/t15-,19-,20+,21+/m1/s1. The fraction of sp³-hybridized carbons (Fsp3) is 0.381. The predicted molar refractivity (Wildman–Crippen MR) is 105 cm³/mol. The molecule has 0 unspecified atom stereocenters. The molecule has 1 N–H and O–H groups in total. The summed E-state index contributed by atoms with van der Waals surface area (Å²) in [7, 11) is -3.46. The van der Waals surface area contributed by atoms with Crippen molar-refractivity contribution in [2.75, 3.05) is 0 Å². The first-order valence-corrected chi connectivity index (χ1v) is 10.9. The van der Waals surface area contributed by atoms with E-state index in [9.17, 15) is 13.6 Å². The molecule has 6 heteroatoms. The van der Waals surface area contributed by atoms with E-state index in [1.807, 2.05) is 24.3 Å². The molecule has 0 amide bonds. The lowest BCUT2D eigenvalue weighted by Gasteiger charge is -2.40. The number of rotatable bonds is 4. The third-order valence-electron chi connectivity index (χ3n) is 5.93. The second-order valence-corrected chi connectivity index (χ2v) is 9.74. The molecule has 4 rings (SSSR count). The van der Waals surface area contributed by atoms with E-state index in [0.29, 0.717) is 30.0 Å². The Morgan fingerprint density at radius 2 is 1.70 bits per heavy atom. The van der Waals surface area contributed by atoms with Gasteiger partial charge in [-0.2, -0.15) is 0 Å². The number of benzene rings is 2. The minimum absolute atomic E-state index is 0.0917. The van der Waals surface area contributed by atoms with Crippen LogP contribution in [0.3, 0.4) is 0 Å². The van der Waals surface area contributed by atoms with Gasteiger partial charge in [-0.25, -0.2) is 8.42 Å². The van der Waals surface area contributed by atoms with Gasteiger partial charge in [0.25, 0.3) is 0 Å². The third kappa shape index (κ3) is 3.17. The van der Waals surface area contributed by atoms with Crippen LogP contribution in [0, 0.1) is 5.92 Å². The summed E-state index contributed by atoms with van der Waals surface area (Å²) in [6.07, 6.45) is 1.11.